The highest BCUT2D eigenvalue weighted by atomic mass is 16.5. The van der Waals surface area contributed by atoms with E-state index in [4.69, 9.17) is 4.52 Å². The monoisotopic (exact) mass is 211 g/mol. The SMILES string of the molecule is Cc1noc(-c2ccc3ccccc3n2)n1. The molecule has 16 heavy (non-hydrogen) atoms. The molecule has 4 nitrogen and oxygen atoms in total. The number of benzene rings is 1. The van der Waals surface area contributed by atoms with Gasteiger partial charge in [0.15, 0.2) is 5.82 Å². The highest BCUT2D eigenvalue weighted by Gasteiger charge is 2.07. The fourth-order valence-corrected chi connectivity index (χ4v) is 1.59. The minimum Gasteiger partial charge on any atom is -0.332 e. The van der Waals surface area contributed by atoms with E-state index >= 15 is 0 Å². The number of hydrogen-bond donors (Lipinski definition) is 0. The van der Waals surface area contributed by atoms with Crippen LogP contribution < -0.4 is 0 Å². The van der Waals surface area contributed by atoms with Gasteiger partial charge in [-0.05, 0) is 19.1 Å². The van der Waals surface area contributed by atoms with Crippen molar-refractivity contribution in [1.82, 2.24) is 15.1 Å². The molecule has 3 rings (SSSR count). The van der Waals surface area contributed by atoms with Crippen LogP contribution in [-0.2, 0) is 0 Å². The minimum absolute atomic E-state index is 0.461. The van der Waals surface area contributed by atoms with Gasteiger partial charge >= 0.3 is 0 Å². The molecule has 0 unspecified atom stereocenters. The summed E-state index contributed by atoms with van der Waals surface area (Å²) in [7, 11) is 0. The third-order valence-corrected chi connectivity index (χ3v) is 2.35. The number of para-hydroxylation sites is 1. The molecule has 78 valence electrons. The molecule has 0 saturated heterocycles. The van der Waals surface area contributed by atoms with Crippen LogP contribution in [0.25, 0.3) is 22.5 Å². The summed E-state index contributed by atoms with van der Waals surface area (Å²) in [5.41, 5.74) is 1.63. The fourth-order valence-electron chi connectivity index (χ4n) is 1.59. The Kier molecular flexibility index (Phi) is 1.93. The second kappa shape index (κ2) is 3.41. The summed E-state index contributed by atoms with van der Waals surface area (Å²) >= 11 is 0. The lowest BCUT2D eigenvalue weighted by atomic mass is 10.2. The number of aryl methyl sites for hydroxylation is 1. The summed E-state index contributed by atoms with van der Waals surface area (Å²) in [6, 6.07) is 11.8. The highest BCUT2D eigenvalue weighted by Crippen LogP contribution is 2.18. The fraction of sp³-hybridized carbons (Fsp3) is 0.0833. The molecule has 0 aliphatic heterocycles. The first-order chi connectivity index (χ1) is 7.83. The molecule has 0 radical (unpaired) electrons. The van der Waals surface area contributed by atoms with Crippen LogP contribution in [0, 0.1) is 6.92 Å². The summed E-state index contributed by atoms with van der Waals surface area (Å²) in [5, 5.41) is 4.85. The first kappa shape index (κ1) is 9.03. The predicted octanol–water partition coefficient (Wildman–Crippen LogP) is 2.59. The largest absolute Gasteiger partial charge is 0.332 e. The molecule has 0 atom stereocenters. The number of rotatable bonds is 1. The lowest BCUT2D eigenvalue weighted by Crippen LogP contribution is -1.85. The Bertz CT molecular complexity index is 645. The molecule has 0 saturated carbocycles. The minimum atomic E-state index is 0.461. The maximum absolute atomic E-state index is 5.08. The van der Waals surface area contributed by atoms with Gasteiger partial charge in [-0.15, -0.1) is 0 Å². The Morgan fingerprint density at radius 2 is 1.88 bits per heavy atom. The summed E-state index contributed by atoms with van der Waals surface area (Å²) in [6.07, 6.45) is 0. The molecular weight excluding hydrogens is 202 g/mol. The van der Waals surface area contributed by atoms with Crippen LogP contribution in [0.15, 0.2) is 40.9 Å². The van der Waals surface area contributed by atoms with Gasteiger partial charge in [-0.1, -0.05) is 29.4 Å². The van der Waals surface area contributed by atoms with Gasteiger partial charge in [0, 0.05) is 5.39 Å². The van der Waals surface area contributed by atoms with E-state index in [2.05, 4.69) is 15.1 Å². The number of pyridine rings is 1. The topological polar surface area (TPSA) is 51.8 Å². The number of fused-ring (bicyclic) bond motifs is 1. The molecule has 0 aliphatic carbocycles. The molecule has 0 N–H and O–H groups in total. The molecule has 0 bridgehead atoms. The Morgan fingerprint density at radius 3 is 2.69 bits per heavy atom. The Labute approximate surface area is 91.9 Å². The molecule has 0 spiro atoms. The first-order valence-corrected chi connectivity index (χ1v) is 4.99. The molecule has 2 aromatic heterocycles. The average molecular weight is 211 g/mol. The van der Waals surface area contributed by atoms with Crippen molar-refractivity contribution in [3.8, 4) is 11.6 Å². The number of aromatic nitrogens is 3. The van der Waals surface area contributed by atoms with E-state index in [-0.39, 0.29) is 0 Å². The summed E-state index contributed by atoms with van der Waals surface area (Å²) in [5.74, 6) is 1.08. The van der Waals surface area contributed by atoms with E-state index in [0.29, 0.717) is 17.4 Å². The normalized spacial score (nSPS) is 10.8. The van der Waals surface area contributed by atoms with Crippen molar-refractivity contribution in [2.24, 2.45) is 0 Å². The van der Waals surface area contributed by atoms with Crippen molar-refractivity contribution in [1.29, 1.82) is 0 Å². The van der Waals surface area contributed by atoms with Crippen molar-refractivity contribution in [2.45, 2.75) is 6.92 Å². The van der Waals surface area contributed by atoms with Gasteiger partial charge < -0.3 is 4.52 Å². The van der Waals surface area contributed by atoms with Crippen molar-refractivity contribution < 1.29 is 4.52 Å². The Morgan fingerprint density at radius 1 is 1.00 bits per heavy atom. The summed E-state index contributed by atoms with van der Waals surface area (Å²) in [6.45, 7) is 1.79. The maximum Gasteiger partial charge on any atom is 0.276 e. The van der Waals surface area contributed by atoms with Gasteiger partial charge in [-0.3, -0.25) is 0 Å². The molecule has 3 aromatic rings. The van der Waals surface area contributed by atoms with Crippen molar-refractivity contribution >= 4 is 10.9 Å². The van der Waals surface area contributed by atoms with Gasteiger partial charge in [-0.2, -0.15) is 4.98 Å². The molecular formula is C12H9N3O. The summed E-state index contributed by atoms with van der Waals surface area (Å²) in [4.78, 5) is 8.61. The van der Waals surface area contributed by atoms with Crippen LogP contribution in [0.3, 0.4) is 0 Å². The van der Waals surface area contributed by atoms with Crippen LogP contribution >= 0.6 is 0 Å². The number of nitrogens with zero attached hydrogens (tertiary/aromatic N) is 3. The van der Waals surface area contributed by atoms with Crippen molar-refractivity contribution in [2.75, 3.05) is 0 Å². The highest BCUT2D eigenvalue weighted by molar-refractivity contribution is 5.80. The quantitative estimate of drug-likeness (QED) is 0.620. The zero-order valence-corrected chi connectivity index (χ0v) is 8.71. The molecule has 0 aliphatic rings. The predicted molar refractivity (Wildman–Crippen MR) is 59.8 cm³/mol. The molecule has 1 aromatic carbocycles. The second-order valence-corrected chi connectivity index (χ2v) is 3.54. The zero-order valence-electron chi connectivity index (χ0n) is 8.71. The zero-order chi connectivity index (χ0) is 11.0. The van der Waals surface area contributed by atoms with Crippen LogP contribution in [0.2, 0.25) is 0 Å². The standard InChI is InChI=1S/C12H9N3O/c1-8-13-12(16-15-8)11-7-6-9-4-2-3-5-10(9)14-11/h2-7H,1H3. The third kappa shape index (κ3) is 1.44. The van der Waals surface area contributed by atoms with E-state index in [0.717, 1.165) is 10.9 Å². The van der Waals surface area contributed by atoms with Gasteiger partial charge in [0.05, 0.1) is 5.52 Å². The molecule has 0 amide bonds. The summed E-state index contributed by atoms with van der Waals surface area (Å²) < 4.78 is 5.08. The molecule has 4 heteroatoms. The van der Waals surface area contributed by atoms with Crippen LogP contribution in [0.1, 0.15) is 5.82 Å². The van der Waals surface area contributed by atoms with Crippen LogP contribution in [-0.4, -0.2) is 15.1 Å². The maximum atomic E-state index is 5.08. The Balaban J connectivity index is 2.18. The lowest BCUT2D eigenvalue weighted by Gasteiger charge is -1.97. The van der Waals surface area contributed by atoms with Gasteiger partial charge in [-0.25, -0.2) is 4.98 Å². The van der Waals surface area contributed by atoms with E-state index in [1.165, 1.54) is 0 Å². The van der Waals surface area contributed by atoms with Crippen LogP contribution in [0.4, 0.5) is 0 Å². The van der Waals surface area contributed by atoms with Gasteiger partial charge in [0.25, 0.3) is 5.89 Å². The van der Waals surface area contributed by atoms with E-state index in [1.54, 1.807) is 6.92 Å². The number of hydrogen-bond acceptors (Lipinski definition) is 4. The van der Waals surface area contributed by atoms with Crippen molar-refractivity contribution in [3.63, 3.8) is 0 Å². The smallest absolute Gasteiger partial charge is 0.276 e. The van der Waals surface area contributed by atoms with E-state index in [9.17, 15) is 0 Å². The van der Waals surface area contributed by atoms with Gasteiger partial charge in [0.2, 0.25) is 0 Å². The van der Waals surface area contributed by atoms with Crippen molar-refractivity contribution in [3.05, 3.63) is 42.2 Å². The first-order valence-electron chi connectivity index (χ1n) is 4.99. The lowest BCUT2D eigenvalue weighted by molar-refractivity contribution is 0.424. The van der Waals surface area contributed by atoms with Gasteiger partial charge in [0.1, 0.15) is 5.69 Å². The van der Waals surface area contributed by atoms with E-state index < -0.39 is 0 Å². The van der Waals surface area contributed by atoms with E-state index in [1.807, 2.05) is 36.4 Å². The third-order valence-electron chi connectivity index (χ3n) is 2.35. The average Bonchev–Trinajstić information content (AvgIpc) is 2.75. The molecule has 0 fully saturated rings. The molecule has 2 heterocycles. The van der Waals surface area contributed by atoms with Crippen LogP contribution in [0.5, 0.6) is 0 Å². The second-order valence-electron chi connectivity index (χ2n) is 3.54. The Hall–Kier alpha value is -2.23.